The average molecular weight is 306 g/mol. The van der Waals surface area contributed by atoms with Gasteiger partial charge in [0.05, 0.1) is 20.1 Å². The van der Waals surface area contributed by atoms with Crippen molar-refractivity contribution in [2.24, 2.45) is 5.92 Å². The van der Waals surface area contributed by atoms with Crippen LogP contribution in [0.3, 0.4) is 0 Å². The quantitative estimate of drug-likeness (QED) is 0.737. The summed E-state index contributed by atoms with van der Waals surface area (Å²) in [6.07, 6.45) is 0.625. The fourth-order valence-electron chi connectivity index (χ4n) is 1.92. The molecule has 0 fully saturated rings. The van der Waals surface area contributed by atoms with Crippen LogP contribution in [0.25, 0.3) is 0 Å². The maximum Gasteiger partial charge on any atom is 0.312 e. The van der Waals surface area contributed by atoms with E-state index in [0.29, 0.717) is 12.2 Å². The number of ether oxygens (including phenoxy) is 3. The molecule has 1 unspecified atom stereocenters. The van der Waals surface area contributed by atoms with Crippen molar-refractivity contribution in [3.05, 3.63) is 46.7 Å². The second-order valence-electron chi connectivity index (χ2n) is 4.49. The molecule has 2 rings (SSSR count). The van der Waals surface area contributed by atoms with Crippen LogP contribution in [0.1, 0.15) is 4.88 Å². The zero-order chi connectivity index (χ0) is 15.1. The Hall–Kier alpha value is -2.01. The maximum atomic E-state index is 11.8. The van der Waals surface area contributed by atoms with Crippen LogP contribution in [-0.2, 0) is 16.0 Å². The fraction of sp³-hybridized carbons (Fsp3) is 0.312. The maximum absolute atomic E-state index is 11.8. The Labute approximate surface area is 128 Å². The lowest BCUT2D eigenvalue weighted by Crippen LogP contribution is -2.25. The van der Waals surface area contributed by atoms with E-state index in [4.69, 9.17) is 14.2 Å². The summed E-state index contributed by atoms with van der Waals surface area (Å²) in [6, 6.07) is 11.3. The Bertz CT molecular complexity index is 548. The lowest BCUT2D eigenvalue weighted by molar-refractivity contribution is -0.146. The van der Waals surface area contributed by atoms with Crippen molar-refractivity contribution in [3.8, 4) is 11.5 Å². The molecular weight excluding hydrogens is 288 g/mol. The summed E-state index contributed by atoms with van der Waals surface area (Å²) in [5, 5.41) is 1.99. The predicted molar refractivity (Wildman–Crippen MR) is 82.0 cm³/mol. The van der Waals surface area contributed by atoms with Gasteiger partial charge in [-0.1, -0.05) is 6.07 Å². The largest absolute Gasteiger partial charge is 0.497 e. The number of methoxy groups -OCH3 is 2. The molecule has 0 radical (unpaired) electrons. The number of carbonyl (C=O) groups is 1. The Morgan fingerprint density at radius 3 is 2.43 bits per heavy atom. The van der Waals surface area contributed by atoms with E-state index in [1.807, 2.05) is 41.8 Å². The van der Waals surface area contributed by atoms with Crippen LogP contribution < -0.4 is 9.47 Å². The average Bonchev–Trinajstić information content (AvgIpc) is 3.04. The minimum Gasteiger partial charge on any atom is -0.497 e. The zero-order valence-corrected chi connectivity index (χ0v) is 12.9. The van der Waals surface area contributed by atoms with Crippen molar-refractivity contribution in [2.75, 3.05) is 20.8 Å². The van der Waals surface area contributed by atoms with Gasteiger partial charge in [0.2, 0.25) is 0 Å². The van der Waals surface area contributed by atoms with Crippen LogP contribution in [0.2, 0.25) is 0 Å². The smallest absolute Gasteiger partial charge is 0.312 e. The first-order valence-corrected chi connectivity index (χ1v) is 7.48. The van der Waals surface area contributed by atoms with E-state index < -0.39 is 0 Å². The van der Waals surface area contributed by atoms with E-state index in [1.54, 1.807) is 18.4 Å². The highest BCUT2D eigenvalue weighted by molar-refractivity contribution is 7.09. The molecule has 0 amide bonds. The summed E-state index contributed by atoms with van der Waals surface area (Å²) < 4.78 is 15.6. The van der Waals surface area contributed by atoms with Gasteiger partial charge >= 0.3 is 5.97 Å². The minimum absolute atomic E-state index is 0.253. The molecule has 1 aromatic heterocycles. The molecule has 4 nitrogen and oxygen atoms in total. The highest BCUT2D eigenvalue weighted by Crippen LogP contribution is 2.20. The molecule has 0 saturated heterocycles. The third-order valence-electron chi connectivity index (χ3n) is 3.07. The lowest BCUT2D eigenvalue weighted by Gasteiger charge is -2.15. The Morgan fingerprint density at radius 2 is 1.86 bits per heavy atom. The first kappa shape index (κ1) is 15.4. The number of hydrogen-bond acceptors (Lipinski definition) is 5. The molecule has 2 aromatic rings. The number of carbonyl (C=O) groups excluding carboxylic acids is 1. The van der Waals surface area contributed by atoms with Crippen molar-refractivity contribution < 1.29 is 19.0 Å². The molecule has 5 heteroatoms. The van der Waals surface area contributed by atoms with E-state index in [2.05, 4.69) is 0 Å². The zero-order valence-electron chi connectivity index (χ0n) is 12.1. The normalized spacial score (nSPS) is 11.7. The summed E-state index contributed by atoms with van der Waals surface area (Å²) in [5.41, 5.74) is 0. The molecule has 112 valence electrons. The first-order valence-electron chi connectivity index (χ1n) is 6.60. The van der Waals surface area contributed by atoms with Crippen LogP contribution in [0, 0.1) is 5.92 Å². The fourth-order valence-corrected chi connectivity index (χ4v) is 2.70. The number of benzene rings is 1. The van der Waals surface area contributed by atoms with Crippen molar-refractivity contribution in [1.29, 1.82) is 0 Å². The summed E-state index contributed by atoms with van der Waals surface area (Å²) in [5.74, 6) is 0.911. The van der Waals surface area contributed by atoms with Gasteiger partial charge in [0.1, 0.15) is 18.1 Å². The van der Waals surface area contributed by atoms with Gasteiger partial charge in [-0.2, -0.15) is 0 Å². The topological polar surface area (TPSA) is 44.8 Å². The number of thiophene rings is 1. The SMILES string of the molecule is COC(=O)C(COc1ccc(OC)cc1)Cc1cccs1. The number of esters is 1. The predicted octanol–water partition coefficient (Wildman–Crippen LogP) is 3.17. The van der Waals surface area contributed by atoms with Gasteiger partial charge in [-0.3, -0.25) is 4.79 Å². The highest BCUT2D eigenvalue weighted by atomic mass is 32.1. The van der Waals surface area contributed by atoms with Crippen molar-refractivity contribution in [3.63, 3.8) is 0 Å². The van der Waals surface area contributed by atoms with Gasteiger partial charge in [0.15, 0.2) is 0 Å². The Balaban J connectivity index is 1.96. The van der Waals surface area contributed by atoms with E-state index in [1.165, 1.54) is 7.11 Å². The van der Waals surface area contributed by atoms with Gasteiger partial charge < -0.3 is 14.2 Å². The molecule has 1 atom stereocenters. The third-order valence-corrected chi connectivity index (χ3v) is 3.97. The van der Waals surface area contributed by atoms with Gasteiger partial charge in [-0.15, -0.1) is 11.3 Å². The van der Waals surface area contributed by atoms with Crippen LogP contribution in [-0.4, -0.2) is 26.8 Å². The van der Waals surface area contributed by atoms with Crippen LogP contribution in [0.4, 0.5) is 0 Å². The molecule has 21 heavy (non-hydrogen) atoms. The van der Waals surface area contributed by atoms with Crippen LogP contribution in [0.15, 0.2) is 41.8 Å². The molecule has 0 N–H and O–H groups in total. The summed E-state index contributed by atoms with van der Waals surface area (Å²) in [4.78, 5) is 13.0. The van der Waals surface area contributed by atoms with Crippen molar-refractivity contribution in [2.45, 2.75) is 6.42 Å². The van der Waals surface area contributed by atoms with Crippen molar-refractivity contribution in [1.82, 2.24) is 0 Å². The summed E-state index contributed by atoms with van der Waals surface area (Å²) >= 11 is 1.63. The van der Waals surface area contributed by atoms with E-state index in [9.17, 15) is 4.79 Å². The van der Waals surface area contributed by atoms with Gasteiger partial charge in [-0.25, -0.2) is 0 Å². The van der Waals surface area contributed by atoms with Gasteiger partial charge in [0, 0.05) is 4.88 Å². The van der Waals surface area contributed by atoms with Gasteiger partial charge in [0.25, 0.3) is 0 Å². The monoisotopic (exact) mass is 306 g/mol. The second-order valence-corrected chi connectivity index (χ2v) is 5.52. The van der Waals surface area contributed by atoms with Gasteiger partial charge in [-0.05, 0) is 42.1 Å². The summed E-state index contributed by atoms with van der Waals surface area (Å²) in [7, 11) is 3.02. The summed E-state index contributed by atoms with van der Waals surface area (Å²) in [6.45, 7) is 0.289. The van der Waals surface area contributed by atoms with E-state index >= 15 is 0 Å². The molecule has 0 spiro atoms. The van der Waals surface area contributed by atoms with E-state index in [-0.39, 0.29) is 18.5 Å². The van der Waals surface area contributed by atoms with Crippen LogP contribution >= 0.6 is 11.3 Å². The lowest BCUT2D eigenvalue weighted by atomic mass is 10.1. The van der Waals surface area contributed by atoms with Crippen LogP contribution in [0.5, 0.6) is 11.5 Å². The first-order chi connectivity index (χ1) is 10.2. The van der Waals surface area contributed by atoms with E-state index in [0.717, 1.165) is 10.6 Å². The second kappa shape index (κ2) is 7.69. The third kappa shape index (κ3) is 4.49. The molecule has 1 heterocycles. The highest BCUT2D eigenvalue weighted by Gasteiger charge is 2.21. The Kier molecular flexibility index (Phi) is 5.63. The standard InChI is InChI=1S/C16H18O4S/c1-18-13-5-7-14(8-6-13)20-11-12(16(17)19-2)10-15-4-3-9-21-15/h3-9,12H,10-11H2,1-2H3. The molecule has 0 aliphatic rings. The molecule has 0 aliphatic heterocycles. The molecular formula is C16H18O4S. The minimum atomic E-state index is -0.309. The van der Waals surface area contributed by atoms with Crippen molar-refractivity contribution >= 4 is 17.3 Å². The molecule has 1 aromatic carbocycles. The Morgan fingerprint density at radius 1 is 1.14 bits per heavy atom. The number of rotatable bonds is 7. The molecule has 0 aliphatic carbocycles. The number of hydrogen-bond donors (Lipinski definition) is 0. The molecule has 0 saturated carbocycles. The molecule has 0 bridgehead atoms.